The van der Waals surface area contributed by atoms with Gasteiger partial charge in [-0.05, 0) is 23.3 Å². The largest absolute Gasteiger partial charge is 0.503 e. The van der Waals surface area contributed by atoms with Gasteiger partial charge in [0.2, 0.25) is 0 Å². The zero-order valence-corrected chi connectivity index (χ0v) is 15.6. The normalized spacial score (nSPS) is 16.7. The van der Waals surface area contributed by atoms with Crippen LogP contribution in [0.25, 0.3) is 5.57 Å². The quantitative estimate of drug-likeness (QED) is 0.633. The van der Waals surface area contributed by atoms with Crippen LogP contribution in [0, 0.1) is 5.82 Å². The summed E-state index contributed by atoms with van der Waals surface area (Å²) >= 11 is 6.28. The van der Waals surface area contributed by atoms with Crippen LogP contribution in [0.2, 0.25) is 5.02 Å². The highest BCUT2D eigenvalue weighted by Crippen LogP contribution is 2.44. The lowest BCUT2D eigenvalue weighted by Crippen LogP contribution is -2.30. The summed E-state index contributed by atoms with van der Waals surface area (Å²) in [6.45, 7) is 0.151. The van der Waals surface area contributed by atoms with Crippen LogP contribution in [-0.4, -0.2) is 15.9 Å². The predicted molar refractivity (Wildman–Crippen MR) is 107 cm³/mol. The highest BCUT2D eigenvalue weighted by Gasteiger charge is 2.42. The summed E-state index contributed by atoms with van der Waals surface area (Å²) in [5, 5.41) is 11.2. The van der Waals surface area contributed by atoms with Gasteiger partial charge in [-0.1, -0.05) is 78.3 Å². The van der Waals surface area contributed by atoms with Crippen molar-refractivity contribution in [2.75, 3.05) is 0 Å². The zero-order chi connectivity index (χ0) is 19.7. The Bertz CT molecular complexity index is 1060. The molecule has 28 heavy (non-hydrogen) atoms. The summed E-state index contributed by atoms with van der Waals surface area (Å²) in [5.41, 5.74) is 2.11. The number of carbonyl (C=O) groups is 1. The molecular formula is C23H17ClFNO2. The molecule has 1 N–H and O–H groups in total. The lowest BCUT2D eigenvalue weighted by Gasteiger charge is -2.28. The number of hydrogen-bond donors (Lipinski definition) is 1. The Labute approximate surface area is 167 Å². The molecule has 3 nitrogen and oxygen atoms in total. The van der Waals surface area contributed by atoms with Gasteiger partial charge in [0.25, 0.3) is 5.91 Å². The number of nitrogens with zero attached hydrogens (tertiary/aromatic N) is 1. The molecule has 0 fully saturated rings. The molecule has 1 aliphatic rings. The molecule has 1 unspecified atom stereocenters. The smallest absolute Gasteiger partial charge is 0.290 e. The van der Waals surface area contributed by atoms with E-state index >= 15 is 0 Å². The molecule has 1 aliphatic heterocycles. The molecule has 0 spiro atoms. The molecular weight excluding hydrogens is 377 g/mol. The summed E-state index contributed by atoms with van der Waals surface area (Å²) in [6.07, 6.45) is 0. The third kappa shape index (κ3) is 3.16. The van der Waals surface area contributed by atoms with Crippen LogP contribution in [0.15, 0.2) is 84.6 Å². The molecule has 3 aromatic carbocycles. The first kappa shape index (κ1) is 18.3. The standard InChI is InChI=1S/C23H17ClFNO2/c24-18-12-6-4-10-16(18)14-26-21(17-11-5-7-13-19(17)25)20(22(27)23(26)28)15-8-2-1-3-9-15/h1-13,21,27H,14H2. The van der Waals surface area contributed by atoms with Crippen molar-refractivity contribution in [3.63, 3.8) is 0 Å². The molecule has 0 bridgehead atoms. The maximum atomic E-state index is 14.7. The van der Waals surface area contributed by atoms with Crippen LogP contribution >= 0.6 is 11.6 Å². The maximum Gasteiger partial charge on any atom is 0.290 e. The third-order valence-electron chi connectivity index (χ3n) is 4.89. The summed E-state index contributed by atoms with van der Waals surface area (Å²) in [6, 6.07) is 21.8. The van der Waals surface area contributed by atoms with Gasteiger partial charge in [0.1, 0.15) is 5.82 Å². The van der Waals surface area contributed by atoms with E-state index in [-0.39, 0.29) is 12.3 Å². The average molecular weight is 394 g/mol. The molecule has 140 valence electrons. The number of aliphatic hydroxyl groups is 1. The highest BCUT2D eigenvalue weighted by atomic mass is 35.5. The fraction of sp³-hybridized carbons (Fsp3) is 0.0870. The average Bonchev–Trinajstić information content (AvgIpc) is 2.95. The van der Waals surface area contributed by atoms with E-state index in [2.05, 4.69) is 0 Å². The molecule has 1 amide bonds. The van der Waals surface area contributed by atoms with E-state index in [1.807, 2.05) is 30.3 Å². The first-order chi connectivity index (χ1) is 13.6. The van der Waals surface area contributed by atoms with Crippen LogP contribution in [0.4, 0.5) is 4.39 Å². The maximum absolute atomic E-state index is 14.7. The van der Waals surface area contributed by atoms with E-state index in [1.54, 1.807) is 42.5 Å². The lowest BCUT2D eigenvalue weighted by molar-refractivity contribution is -0.130. The molecule has 3 aromatic rings. The van der Waals surface area contributed by atoms with Gasteiger partial charge in [0.05, 0.1) is 6.04 Å². The second-order valence-corrected chi connectivity index (χ2v) is 6.98. The van der Waals surface area contributed by atoms with Crippen LogP contribution in [0.5, 0.6) is 0 Å². The fourth-order valence-electron chi connectivity index (χ4n) is 3.56. The molecule has 4 rings (SSSR count). The Morgan fingerprint density at radius 2 is 1.57 bits per heavy atom. The summed E-state index contributed by atoms with van der Waals surface area (Å²) in [4.78, 5) is 14.4. The molecule has 0 saturated carbocycles. The van der Waals surface area contributed by atoms with Gasteiger partial charge < -0.3 is 10.0 Å². The molecule has 0 radical (unpaired) electrons. The summed E-state index contributed by atoms with van der Waals surface area (Å²) in [5.74, 6) is -1.36. The number of amides is 1. The van der Waals surface area contributed by atoms with Crippen molar-refractivity contribution < 1.29 is 14.3 Å². The minimum Gasteiger partial charge on any atom is -0.503 e. The van der Waals surface area contributed by atoms with Crippen molar-refractivity contribution in [2.45, 2.75) is 12.6 Å². The van der Waals surface area contributed by atoms with Gasteiger partial charge in [-0.25, -0.2) is 4.39 Å². The van der Waals surface area contributed by atoms with Crippen molar-refractivity contribution in [3.8, 4) is 0 Å². The number of benzene rings is 3. The van der Waals surface area contributed by atoms with Crippen molar-refractivity contribution in [1.82, 2.24) is 4.90 Å². The summed E-state index contributed by atoms with van der Waals surface area (Å²) < 4.78 is 14.7. The first-order valence-electron chi connectivity index (χ1n) is 8.85. The van der Waals surface area contributed by atoms with E-state index in [9.17, 15) is 14.3 Å². The SMILES string of the molecule is O=C1C(O)=C(c2ccccc2)C(c2ccccc2F)N1Cc1ccccc1Cl. The van der Waals surface area contributed by atoms with Gasteiger partial charge in [-0.2, -0.15) is 0 Å². The molecule has 5 heteroatoms. The van der Waals surface area contributed by atoms with E-state index in [1.165, 1.54) is 11.0 Å². The number of carbonyl (C=O) groups excluding carboxylic acids is 1. The van der Waals surface area contributed by atoms with Crippen molar-refractivity contribution in [1.29, 1.82) is 0 Å². The Morgan fingerprint density at radius 3 is 2.29 bits per heavy atom. The van der Waals surface area contributed by atoms with Gasteiger partial charge in [-0.15, -0.1) is 0 Å². The van der Waals surface area contributed by atoms with E-state index in [4.69, 9.17) is 11.6 Å². The molecule has 0 aliphatic carbocycles. The Hall–Kier alpha value is -3.11. The molecule has 1 atom stereocenters. The van der Waals surface area contributed by atoms with E-state index in [0.29, 0.717) is 21.7 Å². The lowest BCUT2D eigenvalue weighted by atomic mass is 9.93. The molecule has 0 saturated heterocycles. The minimum atomic E-state index is -0.757. The van der Waals surface area contributed by atoms with Crippen molar-refractivity contribution in [3.05, 3.63) is 112 Å². The Balaban J connectivity index is 1.86. The predicted octanol–water partition coefficient (Wildman–Crippen LogP) is 5.53. The van der Waals surface area contributed by atoms with Crippen LogP contribution in [0.1, 0.15) is 22.7 Å². The first-order valence-corrected chi connectivity index (χ1v) is 9.23. The van der Waals surface area contributed by atoms with Gasteiger partial charge in [-0.3, -0.25) is 4.79 Å². The topological polar surface area (TPSA) is 40.5 Å². The molecule has 0 aromatic heterocycles. The minimum absolute atomic E-state index is 0.151. The number of aliphatic hydroxyl groups excluding tert-OH is 1. The van der Waals surface area contributed by atoms with Crippen LogP contribution in [-0.2, 0) is 11.3 Å². The second kappa shape index (κ2) is 7.49. The number of rotatable bonds is 4. The molecule has 1 heterocycles. The van der Waals surface area contributed by atoms with Gasteiger partial charge >= 0.3 is 0 Å². The number of hydrogen-bond acceptors (Lipinski definition) is 2. The van der Waals surface area contributed by atoms with Crippen LogP contribution < -0.4 is 0 Å². The summed E-state index contributed by atoms with van der Waals surface area (Å²) in [7, 11) is 0. The van der Waals surface area contributed by atoms with E-state index in [0.717, 1.165) is 5.56 Å². The van der Waals surface area contributed by atoms with Crippen LogP contribution in [0.3, 0.4) is 0 Å². The fourth-order valence-corrected chi connectivity index (χ4v) is 3.76. The van der Waals surface area contributed by atoms with Crippen molar-refractivity contribution >= 4 is 23.1 Å². The van der Waals surface area contributed by atoms with Gasteiger partial charge in [0, 0.05) is 22.7 Å². The number of halogens is 2. The highest BCUT2D eigenvalue weighted by molar-refractivity contribution is 6.31. The third-order valence-corrected chi connectivity index (χ3v) is 5.26. The van der Waals surface area contributed by atoms with Gasteiger partial charge in [0.15, 0.2) is 5.76 Å². The Kier molecular flexibility index (Phi) is 4.88. The monoisotopic (exact) mass is 393 g/mol. The zero-order valence-electron chi connectivity index (χ0n) is 14.8. The van der Waals surface area contributed by atoms with Crippen molar-refractivity contribution in [2.24, 2.45) is 0 Å². The second-order valence-electron chi connectivity index (χ2n) is 6.58. The Morgan fingerprint density at radius 1 is 0.929 bits per heavy atom. The van der Waals surface area contributed by atoms with E-state index < -0.39 is 17.8 Å².